The highest BCUT2D eigenvalue weighted by Crippen LogP contribution is 2.37. The molecule has 0 aliphatic carbocycles. The number of carbonyl (C=O) groups excluding carboxylic acids is 1. The molecule has 2 aromatic rings. The van der Waals surface area contributed by atoms with E-state index in [4.69, 9.17) is 15.3 Å². The maximum absolute atomic E-state index is 13.2. The Labute approximate surface area is 147 Å². The van der Waals surface area contributed by atoms with Crippen LogP contribution in [0, 0.1) is 5.82 Å². The SMILES string of the molecule is COc1cc(/C=C/C(=O)NN)cc(Br)c1OCc1cccc(F)c1. The molecule has 24 heavy (non-hydrogen) atoms. The van der Waals surface area contributed by atoms with Crippen LogP contribution in [-0.2, 0) is 11.4 Å². The fraction of sp³-hybridized carbons (Fsp3) is 0.118. The highest BCUT2D eigenvalue weighted by Gasteiger charge is 2.11. The lowest BCUT2D eigenvalue weighted by molar-refractivity contribution is -0.116. The van der Waals surface area contributed by atoms with E-state index in [1.54, 1.807) is 30.3 Å². The van der Waals surface area contributed by atoms with Crippen LogP contribution in [0.5, 0.6) is 11.5 Å². The van der Waals surface area contributed by atoms with Crippen molar-refractivity contribution in [2.75, 3.05) is 7.11 Å². The third kappa shape index (κ3) is 4.81. The Morgan fingerprint density at radius 2 is 2.17 bits per heavy atom. The molecule has 0 saturated heterocycles. The van der Waals surface area contributed by atoms with E-state index in [1.807, 2.05) is 5.43 Å². The van der Waals surface area contributed by atoms with Gasteiger partial charge in [0.1, 0.15) is 12.4 Å². The summed E-state index contributed by atoms with van der Waals surface area (Å²) in [5.41, 5.74) is 3.43. The minimum absolute atomic E-state index is 0.192. The van der Waals surface area contributed by atoms with Gasteiger partial charge in [-0.3, -0.25) is 10.2 Å². The molecule has 0 bridgehead atoms. The topological polar surface area (TPSA) is 73.6 Å². The normalized spacial score (nSPS) is 10.7. The van der Waals surface area contributed by atoms with Crippen LogP contribution in [0.4, 0.5) is 4.39 Å². The number of ether oxygens (including phenoxy) is 2. The van der Waals surface area contributed by atoms with Crippen molar-refractivity contribution in [3.05, 3.63) is 63.9 Å². The number of nitrogens with two attached hydrogens (primary N) is 1. The molecular weight excluding hydrogens is 379 g/mol. The summed E-state index contributed by atoms with van der Waals surface area (Å²) in [6, 6.07) is 9.65. The molecule has 0 unspecified atom stereocenters. The molecule has 0 aliphatic heterocycles. The molecule has 1 amide bonds. The lowest BCUT2D eigenvalue weighted by atomic mass is 10.2. The summed E-state index contributed by atoms with van der Waals surface area (Å²) in [7, 11) is 1.51. The smallest absolute Gasteiger partial charge is 0.257 e. The lowest BCUT2D eigenvalue weighted by Gasteiger charge is -2.13. The first-order valence-corrected chi connectivity index (χ1v) is 7.76. The van der Waals surface area contributed by atoms with Gasteiger partial charge < -0.3 is 9.47 Å². The van der Waals surface area contributed by atoms with Gasteiger partial charge in [0.2, 0.25) is 0 Å². The number of halogens is 2. The maximum atomic E-state index is 13.2. The molecule has 3 N–H and O–H groups in total. The van der Waals surface area contributed by atoms with Gasteiger partial charge in [-0.2, -0.15) is 0 Å². The molecule has 126 valence electrons. The molecule has 5 nitrogen and oxygen atoms in total. The van der Waals surface area contributed by atoms with Gasteiger partial charge in [-0.1, -0.05) is 12.1 Å². The van der Waals surface area contributed by atoms with Crippen LogP contribution in [0.15, 0.2) is 46.9 Å². The minimum Gasteiger partial charge on any atom is -0.493 e. The standard InChI is InChI=1S/C17H16BrFN2O3/c1-23-15-9-11(5-6-16(22)21-20)8-14(18)17(15)24-10-12-3-2-4-13(19)7-12/h2-9H,10,20H2,1H3,(H,21,22)/b6-5+. The number of hydrazine groups is 1. The molecule has 0 saturated carbocycles. The Morgan fingerprint density at radius 1 is 1.38 bits per heavy atom. The zero-order valence-electron chi connectivity index (χ0n) is 12.9. The maximum Gasteiger partial charge on any atom is 0.257 e. The van der Waals surface area contributed by atoms with Gasteiger partial charge in [0, 0.05) is 6.08 Å². The Morgan fingerprint density at radius 3 is 2.83 bits per heavy atom. The van der Waals surface area contributed by atoms with Crippen molar-refractivity contribution >= 4 is 27.9 Å². The van der Waals surface area contributed by atoms with Gasteiger partial charge in [-0.15, -0.1) is 0 Å². The number of carbonyl (C=O) groups is 1. The predicted molar refractivity (Wildman–Crippen MR) is 92.8 cm³/mol. The average molecular weight is 395 g/mol. The first-order chi connectivity index (χ1) is 11.5. The Hall–Kier alpha value is -2.38. The lowest BCUT2D eigenvalue weighted by Crippen LogP contribution is -2.27. The Kier molecular flexibility index (Phi) is 6.34. The second kappa shape index (κ2) is 8.47. The van der Waals surface area contributed by atoms with Crippen molar-refractivity contribution in [2.45, 2.75) is 6.61 Å². The minimum atomic E-state index is -0.420. The van der Waals surface area contributed by atoms with E-state index in [2.05, 4.69) is 15.9 Å². The van der Waals surface area contributed by atoms with Crippen LogP contribution in [0.3, 0.4) is 0 Å². The first-order valence-electron chi connectivity index (χ1n) is 6.97. The van der Waals surface area contributed by atoms with Gasteiger partial charge in [-0.05, 0) is 57.4 Å². The van der Waals surface area contributed by atoms with E-state index in [1.165, 1.54) is 25.3 Å². The third-order valence-electron chi connectivity index (χ3n) is 3.09. The number of rotatable bonds is 6. The van der Waals surface area contributed by atoms with E-state index in [0.717, 1.165) is 5.56 Å². The van der Waals surface area contributed by atoms with Crippen LogP contribution < -0.4 is 20.7 Å². The number of benzene rings is 2. The molecule has 2 aromatic carbocycles. The predicted octanol–water partition coefficient (Wildman–Crippen LogP) is 3.18. The molecule has 7 heteroatoms. The second-order valence-electron chi connectivity index (χ2n) is 4.79. The summed E-state index contributed by atoms with van der Waals surface area (Å²) in [5.74, 6) is 5.25. The molecule has 0 radical (unpaired) electrons. The molecule has 0 spiro atoms. The highest BCUT2D eigenvalue weighted by atomic mass is 79.9. The van der Waals surface area contributed by atoms with E-state index in [-0.39, 0.29) is 12.4 Å². The molecule has 0 aromatic heterocycles. The number of amides is 1. The Bertz CT molecular complexity index is 765. The quantitative estimate of drug-likeness (QED) is 0.341. The number of methoxy groups -OCH3 is 1. The van der Waals surface area contributed by atoms with Crippen molar-refractivity contribution in [2.24, 2.45) is 5.84 Å². The van der Waals surface area contributed by atoms with Crippen LogP contribution in [0.25, 0.3) is 6.08 Å². The number of nitrogens with one attached hydrogen (secondary N) is 1. The van der Waals surface area contributed by atoms with Gasteiger partial charge in [0.15, 0.2) is 11.5 Å². The summed E-state index contributed by atoms with van der Waals surface area (Å²) in [6.07, 6.45) is 2.89. The zero-order chi connectivity index (χ0) is 17.5. The number of hydrogen-bond acceptors (Lipinski definition) is 4. The van der Waals surface area contributed by atoms with Crippen molar-refractivity contribution in [3.8, 4) is 11.5 Å². The van der Waals surface area contributed by atoms with Gasteiger partial charge in [-0.25, -0.2) is 10.2 Å². The van der Waals surface area contributed by atoms with Crippen LogP contribution >= 0.6 is 15.9 Å². The van der Waals surface area contributed by atoms with E-state index < -0.39 is 5.91 Å². The molecule has 0 fully saturated rings. The number of hydrogen-bond donors (Lipinski definition) is 2. The summed E-state index contributed by atoms with van der Waals surface area (Å²) in [4.78, 5) is 11.2. The first kappa shape index (κ1) is 18.0. The summed E-state index contributed by atoms with van der Waals surface area (Å²) >= 11 is 3.41. The second-order valence-corrected chi connectivity index (χ2v) is 5.65. The van der Waals surface area contributed by atoms with E-state index in [9.17, 15) is 9.18 Å². The molecule has 2 rings (SSSR count). The fourth-order valence-electron chi connectivity index (χ4n) is 1.98. The van der Waals surface area contributed by atoms with Crippen LogP contribution in [0.1, 0.15) is 11.1 Å². The van der Waals surface area contributed by atoms with Gasteiger partial charge >= 0.3 is 0 Å². The van der Waals surface area contributed by atoms with Crippen LogP contribution in [0.2, 0.25) is 0 Å². The molecule has 0 aliphatic rings. The molecule has 0 atom stereocenters. The summed E-state index contributed by atoms with van der Waals surface area (Å²) < 4.78 is 24.9. The molecular formula is C17H16BrFN2O3. The summed E-state index contributed by atoms with van der Waals surface area (Å²) in [6.45, 7) is 0.192. The van der Waals surface area contributed by atoms with Crippen molar-refractivity contribution in [3.63, 3.8) is 0 Å². The van der Waals surface area contributed by atoms with Crippen molar-refractivity contribution in [1.82, 2.24) is 5.43 Å². The van der Waals surface area contributed by atoms with Crippen molar-refractivity contribution in [1.29, 1.82) is 0 Å². The Balaban J connectivity index is 2.20. The third-order valence-corrected chi connectivity index (χ3v) is 3.68. The average Bonchev–Trinajstić information content (AvgIpc) is 2.58. The van der Waals surface area contributed by atoms with E-state index in [0.29, 0.717) is 21.5 Å². The highest BCUT2D eigenvalue weighted by molar-refractivity contribution is 9.10. The van der Waals surface area contributed by atoms with Crippen molar-refractivity contribution < 1.29 is 18.7 Å². The van der Waals surface area contributed by atoms with Gasteiger partial charge in [0.05, 0.1) is 11.6 Å². The van der Waals surface area contributed by atoms with E-state index >= 15 is 0 Å². The summed E-state index contributed by atoms with van der Waals surface area (Å²) in [5, 5.41) is 0. The zero-order valence-corrected chi connectivity index (χ0v) is 14.5. The van der Waals surface area contributed by atoms with Crippen LogP contribution in [-0.4, -0.2) is 13.0 Å². The fourth-order valence-corrected chi connectivity index (χ4v) is 2.55. The van der Waals surface area contributed by atoms with Gasteiger partial charge in [0.25, 0.3) is 5.91 Å². The monoisotopic (exact) mass is 394 g/mol. The largest absolute Gasteiger partial charge is 0.493 e. The molecule has 0 heterocycles.